The first-order valence-electron chi connectivity index (χ1n) is 12.5. The summed E-state index contributed by atoms with van der Waals surface area (Å²) >= 11 is 0. The van der Waals surface area contributed by atoms with Gasteiger partial charge < -0.3 is 14.8 Å². The minimum Gasteiger partial charge on any atom is -0.487 e. The molecular formula is C33H26N2O3. The summed E-state index contributed by atoms with van der Waals surface area (Å²) in [7, 11) is 0. The van der Waals surface area contributed by atoms with E-state index in [-0.39, 0.29) is 12.5 Å². The average Bonchev–Trinajstić information content (AvgIpc) is 3.29. The first-order chi connectivity index (χ1) is 18.7. The number of carbonyl (C=O) groups is 1. The Morgan fingerprint density at radius 2 is 1.55 bits per heavy atom. The quantitative estimate of drug-likeness (QED) is 0.236. The fourth-order valence-corrected chi connectivity index (χ4v) is 4.59. The van der Waals surface area contributed by atoms with E-state index in [9.17, 15) is 10.1 Å². The second-order valence-electron chi connectivity index (χ2n) is 8.90. The number of fused-ring (bicyclic) bond motifs is 3. The molecule has 4 aromatic rings. The Bertz CT molecular complexity index is 1500. The summed E-state index contributed by atoms with van der Waals surface area (Å²) in [5.74, 6) is 6.67. The van der Waals surface area contributed by atoms with E-state index in [4.69, 9.17) is 9.47 Å². The van der Waals surface area contributed by atoms with Crippen molar-refractivity contribution in [1.82, 2.24) is 5.32 Å². The molecule has 0 aromatic heterocycles. The number of nitrogens with one attached hydrogen (secondary N) is 1. The van der Waals surface area contributed by atoms with Crippen molar-refractivity contribution in [2.45, 2.75) is 18.9 Å². The minimum absolute atomic E-state index is 0.0302. The van der Waals surface area contributed by atoms with Crippen LogP contribution in [-0.4, -0.2) is 19.2 Å². The Labute approximate surface area is 222 Å². The fraction of sp³-hybridized carbons (Fsp3) is 0.152. The van der Waals surface area contributed by atoms with Crippen LogP contribution < -0.4 is 10.1 Å². The molecule has 38 heavy (non-hydrogen) atoms. The van der Waals surface area contributed by atoms with Crippen LogP contribution in [0.3, 0.4) is 0 Å². The molecule has 0 heterocycles. The number of alkyl carbamates (subject to hydrolysis) is 1. The first kappa shape index (κ1) is 24.7. The minimum atomic E-state index is -0.455. The van der Waals surface area contributed by atoms with Crippen molar-refractivity contribution in [2.75, 3.05) is 13.2 Å². The predicted octanol–water partition coefficient (Wildman–Crippen LogP) is 6.42. The van der Waals surface area contributed by atoms with Crippen LogP contribution in [-0.2, 0) is 11.3 Å². The molecular weight excluding hydrogens is 472 g/mol. The molecule has 0 atom stereocenters. The number of nitriles is 1. The van der Waals surface area contributed by atoms with Crippen molar-refractivity contribution in [1.29, 1.82) is 5.26 Å². The molecule has 0 aliphatic heterocycles. The highest BCUT2D eigenvalue weighted by Crippen LogP contribution is 2.44. The molecule has 5 heteroatoms. The molecule has 1 aliphatic rings. The lowest BCUT2D eigenvalue weighted by atomic mass is 9.98. The van der Waals surface area contributed by atoms with Crippen molar-refractivity contribution >= 4 is 6.09 Å². The second-order valence-corrected chi connectivity index (χ2v) is 8.90. The standard InChI is InChI=1S/C33H26N2O3/c34-21-26-18-17-24(20-32(26)37-22-25-11-2-1-3-12-25)10-8-9-19-35-33(36)38-23-31-29-15-6-4-13-27(29)28-14-5-7-16-30(28)31/h1-7,11-18,20,31H,9,19,22-23H2,(H,35,36). The lowest BCUT2D eigenvalue weighted by Gasteiger charge is -2.14. The van der Waals surface area contributed by atoms with Crippen molar-refractivity contribution in [3.05, 3.63) is 125 Å². The number of amides is 1. The number of hydrogen-bond donors (Lipinski definition) is 1. The normalized spacial score (nSPS) is 11.3. The highest BCUT2D eigenvalue weighted by atomic mass is 16.5. The summed E-state index contributed by atoms with van der Waals surface area (Å²) in [6, 6.07) is 33.7. The van der Waals surface area contributed by atoms with E-state index >= 15 is 0 Å². The van der Waals surface area contributed by atoms with Crippen molar-refractivity contribution < 1.29 is 14.3 Å². The summed E-state index contributed by atoms with van der Waals surface area (Å²) in [6.45, 7) is 1.02. The Kier molecular flexibility index (Phi) is 7.68. The molecule has 1 aliphatic carbocycles. The zero-order chi connectivity index (χ0) is 26.2. The zero-order valence-electron chi connectivity index (χ0n) is 20.8. The van der Waals surface area contributed by atoms with E-state index in [2.05, 4.69) is 47.5 Å². The van der Waals surface area contributed by atoms with E-state index in [0.717, 1.165) is 11.1 Å². The highest BCUT2D eigenvalue weighted by Gasteiger charge is 2.28. The summed E-state index contributed by atoms with van der Waals surface area (Å²) in [5, 5.41) is 12.2. The third-order valence-electron chi connectivity index (χ3n) is 6.43. The van der Waals surface area contributed by atoms with Gasteiger partial charge >= 0.3 is 6.09 Å². The molecule has 0 unspecified atom stereocenters. The van der Waals surface area contributed by atoms with Crippen molar-refractivity contribution in [3.8, 4) is 34.8 Å². The maximum atomic E-state index is 12.3. The van der Waals surface area contributed by atoms with Crippen LogP contribution in [0.15, 0.2) is 97.1 Å². The van der Waals surface area contributed by atoms with Gasteiger partial charge in [0.05, 0.1) is 5.56 Å². The molecule has 0 saturated carbocycles. The molecule has 0 bridgehead atoms. The molecule has 0 spiro atoms. The Morgan fingerprint density at radius 1 is 0.868 bits per heavy atom. The summed E-state index contributed by atoms with van der Waals surface area (Å²) in [5.41, 5.74) is 6.99. The molecule has 0 radical (unpaired) electrons. The van der Waals surface area contributed by atoms with Crippen molar-refractivity contribution in [2.24, 2.45) is 0 Å². The number of hydrogen-bond acceptors (Lipinski definition) is 4. The second kappa shape index (κ2) is 11.8. The number of rotatable bonds is 7. The van der Waals surface area contributed by atoms with Gasteiger partial charge in [-0.15, -0.1) is 0 Å². The van der Waals surface area contributed by atoms with E-state index in [1.54, 1.807) is 18.2 Å². The molecule has 1 N–H and O–H groups in total. The highest BCUT2D eigenvalue weighted by molar-refractivity contribution is 5.79. The van der Waals surface area contributed by atoms with Gasteiger partial charge in [0.1, 0.15) is 25.0 Å². The van der Waals surface area contributed by atoms with Gasteiger partial charge in [0.15, 0.2) is 0 Å². The van der Waals surface area contributed by atoms with Crippen LogP contribution in [0.1, 0.15) is 40.2 Å². The van der Waals surface area contributed by atoms with Crippen molar-refractivity contribution in [3.63, 3.8) is 0 Å². The van der Waals surface area contributed by atoms with Crippen LogP contribution in [0.4, 0.5) is 4.79 Å². The first-order valence-corrected chi connectivity index (χ1v) is 12.5. The molecule has 0 saturated heterocycles. The average molecular weight is 499 g/mol. The smallest absolute Gasteiger partial charge is 0.407 e. The number of ether oxygens (including phenoxy) is 2. The third kappa shape index (κ3) is 5.69. The van der Waals surface area contributed by atoms with E-state index < -0.39 is 6.09 Å². The monoisotopic (exact) mass is 498 g/mol. The van der Waals surface area contributed by atoms with Gasteiger partial charge in [-0.2, -0.15) is 5.26 Å². The molecule has 5 rings (SSSR count). The SMILES string of the molecule is N#Cc1ccc(C#CCCNC(=O)OCC2c3ccccc3-c3ccccc32)cc1OCc1ccccc1. The number of benzene rings is 4. The summed E-state index contributed by atoms with van der Waals surface area (Å²) in [6.07, 6.45) is 0.00773. The summed E-state index contributed by atoms with van der Waals surface area (Å²) in [4.78, 5) is 12.3. The van der Waals surface area contributed by atoms with E-state index in [1.807, 2.05) is 54.6 Å². The van der Waals surface area contributed by atoms with Crippen LogP contribution >= 0.6 is 0 Å². The predicted molar refractivity (Wildman–Crippen MR) is 146 cm³/mol. The maximum Gasteiger partial charge on any atom is 0.407 e. The third-order valence-corrected chi connectivity index (χ3v) is 6.43. The number of carbonyl (C=O) groups excluding carboxylic acids is 1. The van der Waals surface area contributed by atoms with Gasteiger partial charge in [-0.1, -0.05) is 90.7 Å². The van der Waals surface area contributed by atoms with Crippen LogP contribution in [0.2, 0.25) is 0 Å². The van der Waals surface area contributed by atoms with Gasteiger partial charge in [0.25, 0.3) is 0 Å². The zero-order valence-corrected chi connectivity index (χ0v) is 20.8. The van der Waals surface area contributed by atoms with Crippen LogP contribution in [0.25, 0.3) is 11.1 Å². The van der Waals surface area contributed by atoms with Gasteiger partial charge in [-0.3, -0.25) is 0 Å². The van der Waals surface area contributed by atoms with E-state index in [0.29, 0.717) is 30.9 Å². The Hall–Kier alpha value is -5.00. The van der Waals surface area contributed by atoms with Gasteiger partial charge in [0, 0.05) is 24.4 Å². The molecule has 186 valence electrons. The Morgan fingerprint density at radius 3 is 2.26 bits per heavy atom. The topological polar surface area (TPSA) is 71.4 Å². The lowest BCUT2D eigenvalue weighted by molar-refractivity contribution is 0.143. The Balaban J connectivity index is 1.11. The van der Waals surface area contributed by atoms with Crippen LogP contribution in [0.5, 0.6) is 5.75 Å². The van der Waals surface area contributed by atoms with Crippen LogP contribution in [0, 0.1) is 23.2 Å². The summed E-state index contributed by atoms with van der Waals surface area (Å²) < 4.78 is 11.4. The molecule has 5 nitrogen and oxygen atoms in total. The van der Waals surface area contributed by atoms with Gasteiger partial charge in [-0.25, -0.2) is 4.79 Å². The maximum absolute atomic E-state index is 12.3. The molecule has 0 fully saturated rings. The van der Waals surface area contributed by atoms with Gasteiger partial charge in [0.2, 0.25) is 0 Å². The molecule has 1 amide bonds. The van der Waals surface area contributed by atoms with Gasteiger partial charge in [-0.05, 0) is 46.0 Å². The lowest BCUT2D eigenvalue weighted by Crippen LogP contribution is -2.26. The fourth-order valence-electron chi connectivity index (χ4n) is 4.59. The molecule has 4 aromatic carbocycles. The largest absolute Gasteiger partial charge is 0.487 e. The number of nitrogens with zero attached hydrogens (tertiary/aromatic N) is 1. The van der Waals surface area contributed by atoms with E-state index in [1.165, 1.54) is 22.3 Å².